The number of rotatable bonds is 7. The van der Waals surface area contributed by atoms with Gasteiger partial charge >= 0.3 is 17.9 Å². The van der Waals surface area contributed by atoms with Crippen molar-refractivity contribution < 1.29 is 52.0 Å². The summed E-state index contributed by atoms with van der Waals surface area (Å²) in [5.74, 6) is -8.08. The zero-order valence-electron chi connectivity index (χ0n) is 21.6. The van der Waals surface area contributed by atoms with E-state index in [1.807, 2.05) is 0 Å². The minimum absolute atomic E-state index is 0.0436. The molecule has 0 bridgehead atoms. The SMILES string of the molecule is COc1ccnc(C(=O)N[C@H]2COC(=O)[C@H](Cc3ccc(F)cc3F)[C@@H](OC(=O)C(C)C)[C@H](C)OC2=O)c1O. The van der Waals surface area contributed by atoms with Crippen LogP contribution in [-0.4, -0.2) is 65.9 Å². The fraction of sp³-hybridized carbons (Fsp3) is 0.423. The van der Waals surface area contributed by atoms with Crippen LogP contribution in [0, 0.1) is 23.5 Å². The van der Waals surface area contributed by atoms with Crippen molar-refractivity contribution in [2.24, 2.45) is 11.8 Å². The Kier molecular flexibility index (Phi) is 9.38. The molecule has 210 valence electrons. The molecule has 2 N–H and O–H groups in total. The monoisotopic (exact) mass is 550 g/mol. The number of methoxy groups -OCH3 is 1. The van der Waals surface area contributed by atoms with Crippen LogP contribution in [0.15, 0.2) is 30.5 Å². The molecule has 1 aromatic heterocycles. The van der Waals surface area contributed by atoms with E-state index in [1.165, 1.54) is 26.3 Å². The first-order valence-electron chi connectivity index (χ1n) is 12.0. The third-order valence-corrected chi connectivity index (χ3v) is 5.95. The number of amides is 1. The molecule has 11 nitrogen and oxygen atoms in total. The minimum atomic E-state index is -1.54. The van der Waals surface area contributed by atoms with Gasteiger partial charge < -0.3 is 29.4 Å². The number of carbonyl (C=O) groups excluding carboxylic acids is 4. The van der Waals surface area contributed by atoms with Crippen molar-refractivity contribution in [2.75, 3.05) is 13.7 Å². The van der Waals surface area contributed by atoms with E-state index in [0.29, 0.717) is 6.07 Å². The molecule has 1 aliphatic rings. The Hall–Kier alpha value is -4.29. The lowest BCUT2D eigenvalue weighted by Gasteiger charge is -2.29. The summed E-state index contributed by atoms with van der Waals surface area (Å²) in [4.78, 5) is 55.2. The number of pyridine rings is 1. The summed E-state index contributed by atoms with van der Waals surface area (Å²) >= 11 is 0. The lowest BCUT2D eigenvalue weighted by Crippen LogP contribution is -2.47. The van der Waals surface area contributed by atoms with Crippen LogP contribution in [0.25, 0.3) is 0 Å². The van der Waals surface area contributed by atoms with Gasteiger partial charge in [0.05, 0.1) is 13.0 Å². The van der Waals surface area contributed by atoms with Gasteiger partial charge in [-0.1, -0.05) is 19.9 Å². The second-order valence-corrected chi connectivity index (χ2v) is 9.11. The molecule has 1 amide bonds. The van der Waals surface area contributed by atoms with E-state index in [9.17, 15) is 33.1 Å². The van der Waals surface area contributed by atoms with Crippen LogP contribution in [0.5, 0.6) is 11.5 Å². The Balaban J connectivity index is 1.91. The summed E-state index contributed by atoms with van der Waals surface area (Å²) in [6.07, 6.45) is -1.83. The molecular formula is C26H28F2N2O9. The number of benzene rings is 1. The lowest BCUT2D eigenvalue weighted by atomic mass is 9.90. The van der Waals surface area contributed by atoms with Crippen LogP contribution in [0.3, 0.4) is 0 Å². The molecule has 2 aromatic rings. The van der Waals surface area contributed by atoms with Gasteiger partial charge in [0, 0.05) is 18.3 Å². The standard InChI is InChI=1S/C26H28F2N2O9/c1-12(2)24(33)39-22-13(3)38-26(35)18(30-23(32)20-21(31)19(36-4)7-8-29-20)11-37-25(34)16(22)9-14-5-6-15(27)10-17(14)28/h5-8,10,12-13,16,18,22,31H,9,11H2,1-4H3,(H,30,32)/t13-,16+,18-,22-/m0/s1. The van der Waals surface area contributed by atoms with Crippen molar-refractivity contribution in [1.82, 2.24) is 10.3 Å². The van der Waals surface area contributed by atoms with Crippen LogP contribution in [0.1, 0.15) is 36.8 Å². The summed E-state index contributed by atoms with van der Waals surface area (Å²) in [6.45, 7) is 3.76. The van der Waals surface area contributed by atoms with E-state index >= 15 is 0 Å². The first kappa shape index (κ1) is 29.3. The first-order chi connectivity index (χ1) is 18.4. The zero-order valence-corrected chi connectivity index (χ0v) is 21.6. The van der Waals surface area contributed by atoms with Gasteiger partial charge in [0.2, 0.25) is 0 Å². The number of esters is 3. The molecule has 1 fully saturated rings. The fourth-order valence-corrected chi connectivity index (χ4v) is 3.80. The van der Waals surface area contributed by atoms with Crippen LogP contribution in [0.4, 0.5) is 8.78 Å². The van der Waals surface area contributed by atoms with Gasteiger partial charge in [-0.05, 0) is 25.0 Å². The number of ether oxygens (including phenoxy) is 4. The molecule has 2 heterocycles. The zero-order chi connectivity index (χ0) is 28.9. The van der Waals surface area contributed by atoms with Crippen molar-refractivity contribution in [1.29, 1.82) is 0 Å². The number of halogens is 2. The third kappa shape index (κ3) is 6.98. The van der Waals surface area contributed by atoms with E-state index in [0.717, 1.165) is 12.1 Å². The van der Waals surface area contributed by atoms with Crippen LogP contribution in [-0.2, 0) is 35.0 Å². The van der Waals surface area contributed by atoms with Gasteiger partial charge in [0.25, 0.3) is 5.91 Å². The van der Waals surface area contributed by atoms with E-state index in [1.54, 1.807) is 13.8 Å². The lowest BCUT2D eigenvalue weighted by molar-refractivity contribution is -0.176. The Labute approximate surface area is 222 Å². The minimum Gasteiger partial charge on any atom is -0.503 e. The molecule has 0 radical (unpaired) electrons. The highest BCUT2D eigenvalue weighted by molar-refractivity contribution is 5.98. The predicted molar refractivity (Wildman–Crippen MR) is 128 cm³/mol. The Bertz CT molecular complexity index is 1250. The summed E-state index contributed by atoms with van der Waals surface area (Å²) in [7, 11) is 1.27. The molecule has 0 aliphatic carbocycles. The Morgan fingerprint density at radius 3 is 2.56 bits per heavy atom. The normalized spacial score (nSPS) is 21.6. The first-order valence-corrected chi connectivity index (χ1v) is 12.0. The predicted octanol–water partition coefficient (Wildman–Crippen LogP) is 2.09. The van der Waals surface area contributed by atoms with Gasteiger partial charge in [0.15, 0.2) is 29.3 Å². The van der Waals surface area contributed by atoms with Crippen molar-refractivity contribution in [3.8, 4) is 11.5 Å². The van der Waals surface area contributed by atoms with E-state index in [4.69, 9.17) is 18.9 Å². The molecule has 4 atom stereocenters. The molecule has 0 spiro atoms. The van der Waals surface area contributed by atoms with Crippen LogP contribution in [0.2, 0.25) is 0 Å². The Morgan fingerprint density at radius 1 is 1.21 bits per heavy atom. The van der Waals surface area contributed by atoms with Gasteiger partial charge in [-0.3, -0.25) is 14.4 Å². The smallest absolute Gasteiger partial charge is 0.332 e. The molecular weight excluding hydrogens is 522 g/mol. The number of nitrogens with one attached hydrogen (secondary N) is 1. The molecule has 0 saturated carbocycles. The average molecular weight is 551 g/mol. The van der Waals surface area contributed by atoms with E-state index < -0.39 is 83.6 Å². The quantitative estimate of drug-likeness (QED) is 0.387. The van der Waals surface area contributed by atoms with Gasteiger partial charge in [-0.25, -0.2) is 18.6 Å². The van der Waals surface area contributed by atoms with Crippen molar-refractivity contribution in [3.63, 3.8) is 0 Å². The maximum Gasteiger partial charge on any atom is 0.332 e. The van der Waals surface area contributed by atoms with Crippen LogP contribution >= 0.6 is 0 Å². The number of hydrogen-bond acceptors (Lipinski definition) is 10. The van der Waals surface area contributed by atoms with E-state index in [2.05, 4.69) is 10.3 Å². The number of aromatic hydroxyl groups is 1. The Morgan fingerprint density at radius 2 is 1.92 bits per heavy atom. The molecule has 39 heavy (non-hydrogen) atoms. The number of aromatic nitrogens is 1. The number of nitrogens with zero attached hydrogens (tertiary/aromatic N) is 1. The molecule has 0 unspecified atom stereocenters. The maximum absolute atomic E-state index is 14.5. The van der Waals surface area contributed by atoms with Gasteiger partial charge in [-0.15, -0.1) is 0 Å². The largest absolute Gasteiger partial charge is 0.503 e. The second kappa shape index (κ2) is 12.5. The number of hydrogen-bond donors (Lipinski definition) is 2. The van der Waals surface area contributed by atoms with Gasteiger partial charge in [-0.2, -0.15) is 0 Å². The maximum atomic E-state index is 14.5. The molecule has 1 saturated heterocycles. The summed E-state index contributed by atoms with van der Waals surface area (Å²) in [6, 6.07) is 2.55. The summed E-state index contributed by atoms with van der Waals surface area (Å²) in [5.41, 5.74) is -0.527. The molecule has 13 heteroatoms. The number of cyclic esters (lactones) is 2. The van der Waals surface area contributed by atoms with Crippen molar-refractivity contribution >= 4 is 23.8 Å². The van der Waals surface area contributed by atoms with Crippen LogP contribution < -0.4 is 10.1 Å². The molecule has 3 rings (SSSR count). The molecule has 1 aromatic carbocycles. The highest BCUT2D eigenvalue weighted by atomic mass is 19.1. The molecule has 1 aliphatic heterocycles. The second-order valence-electron chi connectivity index (χ2n) is 9.11. The van der Waals surface area contributed by atoms with E-state index in [-0.39, 0.29) is 17.7 Å². The van der Waals surface area contributed by atoms with Crippen molar-refractivity contribution in [2.45, 2.75) is 45.4 Å². The third-order valence-electron chi connectivity index (χ3n) is 5.95. The highest BCUT2D eigenvalue weighted by Gasteiger charge is 2.42. The van der Waals surface area contributed by atoms with Gasteiger partial charge in [0.1, 0.15) is 30.3 Å². The fourth-order valence-electron chi connectivity index (χ4n) is 3.80. The highest BCUT2D eigenvalue weighted by Crippen LogP contribution is 2.28. The summed E-state index contributed by atoms with van der Waals surface area (Å²) < 4.78 is 49.0. The van der Waals surface area contributed by atoms with Crippen molar-refractivity contribution in [3.05, 3.63) is 53.4 Å². The summed E-state index contributed by atoms with van der Waals surface area (Å²) in [5, 5.41) is 12.5. The average Bonchev–Trinajstić information content (AvgIpc) is 2.91. The number of carbonyl (C=O) groups is 4. The topological polar surface area (TPSA) is 150 Å².